The number of aromatic nitrogens is 2. The number of nitrogens with zero attached hydrogens (tertiary/aromatic N) is 4. The second-order valence-corrected chi connectivity index (χ2v) is 8.69. The average molecular weight is 542 g/mol. The number of benzene rings is 2. The quantitative estimate of drug-likeness (QED) is 0.332. The Bertz CT molecular complexity index is 1430. The number of carbonyl (C=O) groups is 2. The Morgan fingerprint density at radius 3 is 2.49 bits per heavy atom. The SMILES string of the molecule is COc1cc(C#CC(=O)N(C)C)ccc1Nc1ncc(C(F)(F)F)c(Oc2cccc(CN(C)C)c2C=O)n1. The summed E-state index contributed by atoms with van der Waals surface area (Å²) in [6.07, 6.45) is -3.70. The van der Waals surface area contributed by atoms with Gasteiger partial charge in [0.05, 0.1) is 18.4 Å². The number of hydrogen-bond acceptors (Lipinski definition) is 8. The van der Waals surface area contributed by atoms with Crippen molar-refractivity contribution in [3.63, 3.8) is 0 Å². The summed E-state index contributed by atoms with van der Waals surface area (Å²) in [6, 6.07) is 9.35. The van der Waals surface area contributed by atoms with E-state index in [0.29, 0.717) is 35.8 Å². The molecule has 9 nitrogen and oxygen atoms in total. The van der Waals surface area contributed by atoms with E-state index in [1.54, 1.807) is 58.5 Å². The van der Waals surface area contributed by atoms with E-state index in [-0.39, 0.29) is 28.9 Å². The molecule has 2 aromatic carbocycles. The minimum absolute atomic E-state index is 0.0766. The molecule has 0 radical (unpaired) electrons. The summed E-state index contributed by atoms with van der Waals surface area (Å²) >= 11 is 0. The fourth-order valence-electron chi connectivity index (χ4n) is 3.32. The summed E-state index contributed by atoms with van der Waals surface area (Å²) < 4.78 is 52.2. The van der Waals surface area contributed by atoms with Crippen LogP contribution in [0.3, 0.4) is 0 Å². The minimum atomic E-state index is -4.82. The maximum atomic E-state index is 13.8. The van der Waals surface area contributed by atoms with Gasteiger partial charge >= 0.3 is 6.18 Å². The van der Waals surface area contributed by atoms with Gasteiger partial charge in [-0.3, -0.25) is 9.59 Å². The largest absolute Gasteiger partial charge is 0.495 e. The number of carbonyl (C=O) groups excluding carboxylic acids is 2. The van der Waals surface area contributed by atoms with Crippen molar-refractivity contribution in [3.8, 4) is 29.2 Å². The van der Waals surface area contributed by atoms with Crippen LogP contribution in [0.4, 0.5) is 24.8 Å². The number of nitrogens with one attached hydrogen (secondary N) is 1. The Balaban J connectivity index is 1.98. The van der Waals surface area contributed by atoms with Gasteiger partial charge in [-0.25, -0.2) is 4.98 Å². The molecule has 1 aromatic heterocycles. The molecular formula is C27H26F3N5O4. The van der Waals surface area contributed by atoms with Crippen LogP contribution >= 0.6 is 0 Å². The zero-order valence-corrected chi connectivity index (χ0v) is 21.9. The number of alkyl halides is 3. The zero-order chi connectivity index (χ0) is 28.7. The highest BCUT2D eigenvalue weighted by Crippen LogP contribution is 2.38. The van der Waals surface area contributed by atoms with Crippen molar-refractivity contribution in [2.75, 3.05) is 40.6 Å². The maximum Gasteiger partial charge on any atom is 0.423 e. The van der Waals surface area contributed by atoms with E-state index in [0.717, 1.165) is 0 Å². The minimum Gasteiger partial charge on any atom is -0.495 e. The van der Waals surface area contributed by atoms with Gasteiger partial charge in [-0.1, -0.05) is 18.1 Å². The van der Waals surface area contributed by atoms with Crippen molar-refractivity contribution in [1.29, 1.82) is 0 Å². The lowest BCUT2D eigenvalue weighted by atomic mass is 10.1. The molecule has 12 heteroatoms. The molecule has 204 valence electrons. The molecule has 1 heterocycles. The van der Waals surface area contributed by atoms with Gasteiger partial charge in [0.15, 0.2) is 6.29 Å². The summed E-state index contributed by atoms with van der Waals surface area (Å²) in [4.78, 5) is 34.4. The van der Waals surface area contributed by atoms with E-state index in [1.165, 1.54) is 18.1 Å². The van der Waals surface area contributed by atoms with Gasteiger partial charge in [-0.05, 0) is 43.9 Å². The molecule has 0 fully saturated rings. The molecule has 0 aliphatic rings. The lowest BCUT2D eigenvalue weighted by molar-refractivity contribution is -0.139. The van der Waals surface area contributed by atoms with Crippen LogP contribution in [-0.4, -0.2) is 67.3 Å². The van der Waals surface area contributed by atoms with Gasteiger partial charge in [0.2, 0.25) is 11.8 Å². The molecule has 0 saturated heterocycles. The van der Waals surface area contributed by atoms with E-state index >= 15 is 0 Å². The highest BCUT2D eigenvalue weighted by Gasteiger charge is 2.37. The van der Waals surface area contributed by atoms with E-state index in [1.807, 2.05) is 4.90 Å². The summed E-state index contributed by atoms with van der Waals surface area (Å²) in [6.45, 7) is 0.372. The Morgan fingerprint density at radius 2 is 1.87 bits per heavy atom. The van der Waals surface area contributed by atoms with Gasteiger partial charge in [-0.2, -0.15) is 18.2 Å². The molecule has 39 heavy (non-hydrogen) atoms. The lowest BCUT2D eigenvalue weighted by Gasteiger charge is -2.17. The van der Waals surface area contributed by atoms with Crippen LogP contribution in [0.5, 0.6) is 17.4 Å². The number of rotatable bonds is 8. The van der Waals surface area contributed by atoms with E-state index in [9.17, 15) is 22.8 Å². The number of amides is 1. The molecule has 0 spiro atoms. The molecule has 3 rings (SSSR count). The molecule has 0 saturated carbocycles. The summed E-state index contributed by atoms with van der Waals surface area (Å²) in [7, 11) is 8.14. The lowest BCUT2D eigenvalue weighted by Crippen LogP contribution is -2.19. The van der Waals surface area contributed by atoms with Gasteiger partial charge in [-0.15, -0.1) is 0 Å². The number of ether oxygens (including phenoxy) is 2. The predicted octanol–water partition coefficient (Wildman–Crippen LogP) is 4.35. The molecule has 1 amide bonds. The van der Waals surface area contributed by atoms with Crippen LogP contribution in [0.25, 0.3) is 0 Å². The second-order valence-electron chi connectivity index (χ2n) is 8.69. The Hall–Kier alpha value is -4.63. The summed E-state index contributed by atoms with van der Waals surface area (Å²) in [5, 5.41) is 2.81. The fraction of sp³-hybridized carbons (Fsp3) is 0.259. The third-order valence-electron chi connectivity index (χ3n) is 5.19. The normalized spacial score (nSPS) is 10.9. The van der Waals surface area contributed by atoms with E-state index in [2.05, 4.69) is 27.1 Å². The Kier molecular flexibility index (Phi) is 9.11. The standard InChI is InChI=1S/C27H26F3N5O4/c1-34(2)15-18-7-6-8-22(19(18)16-36)39-25-20(27(28,29)30)14-31-26(33-25)32-21-11-9-17(13-23(21)38-5)10-12-24(37)35(3)4/h6-9,11,13-14,16H,15H2,1-5H3,(H,31,32,33). The molecule has 0 unspecified atom stereocenters. The third kappa shape index (κ3) is 7.45. The van der Waals surface area contributed by atoms with Gasteiger partial charge < -0.3 is 24.6 Å². The van der Waals surface area contributed by atoms with Gasteiger partial charge in [0.1, 0.15) is 17.1 Å². The number of aldehydes is 1. The average Bonchev–Trinajstić information content (AvgIpc) is 2.87. The predicted molar refractivity (Wildman–Crippen MR) is 138 cm³/mol. The molecule has 0 aliphatic carbocycles. The zero-order valence-electron chi connectivity index (χ0n) is 21.9. The maximum absolute atomic E-state index is 13.8. The smallest absolute Gasteiger partial charge is 0.423 e. The Labute approximate surface area is 223 Å². The Morgan fingerprint density at radius 1 is 1.13 bits per heavy atom. The van der Waals surface area contributed by atoms with Crippen molar-refractivity contribution in [2.45, 2.75) is 12.7 Å². The molecule has 1 N–H and O–H groups in total. The fourth-order valence-corrected chi connectivity index (χ4v) is 3.32. The van der Waals surface area contributed by atoms with Crippen molar-refractivity contribution in [1.82, 2.24) is 19.8 Å². The first-order valence-corrected chi connectivity index (χ1v) is 11.4. The van der Waals surface area contributed by atoms with Crippen LogP contribution in [-0.2, 0) is 17.5 Å². The molecular weight excluding hydrogens is 515 g/mol. The van der Waals surface area contributed by atoms with Crippen molar-refractivity contribution in [3.05, 3.63) is 64.8 Å². The highest BCUT2D eigenvalue weighted by molar-refractivity contribution is 5.93. The number of methoxy groups -OCH3 is 1. The summed E-state index contributed by atoms with van der Waals surface area (Å²) in [5.41, 5.74) is 0.275. The first-order chi connectivity index (χ1) is 18.4. The monoisotopic (exact) mass is 541 g/mol. The molecule has 0 bridgehead atoms. The van der Waals surface area contributed by atoms with Crippen LogP contribution in [0.1, 0.15) is 27.0 Å². The number of halogens is 3. The van der Waals surface area contributed by atoms with Crippen LogP contribution in [0, 0.1) is 11.8 Å². The summed E-state index contributed by atoms with van der Waals surface area (Å²) in [5.74, 6) is 4.03. The highest BCUT2D eigenvalue weighted by atomic mass is 19.4. The third-order valence-corrected chi connectivity index (χ3v) is 5.19. The number of hydrogen-bond donors (Lipinski definition) is 1. The van der Waals surface area contributed by atoms with E-state index < -0.39 is 17.6 Å². The van der Waals surface area contributed by atoms with Crippen molar-refractivity contribution >= 4 is 23.8 Å². The van der Waals surface area contributed by atoms with Gasteiger partial charge in [0, 0.05) is 38.3 Å². The second kappa shape index (κ2) is 12.3. The van der Waals surface area contributed by atoms with Crippen LogP contribution in [0.2, 0.25) is 0 Å². The first kappa shape index (κ1) is 28.9. The molecule has 0 aliphatic heterocycles. The van der Waals surface area contributed by atoms with Crippen molar-refractivity contribution < 1.29 is 32.2 Å². The number of anilines is 2. The van der Waals surface area contributed by atoms with Crippen LogP contribution in [0.15, 0.2) is 42.6 Å². The molecule has 0 atom stereocenters. The van der Waals surface area contributed by atoms with Gasteiger partial charge in [0.25, 0.3) is 5.91 Å². The first-order valence-electron chi connectivity index (χ1n) is 11.4. The molecule has 3 aromatic rings. The van der Waals surface area contributed by atoms with Crippen molar-refractivity contribution in [2.24, 2.45) is 0 Å². The topological polar surface area (TPSA) is 96.9 Å². The van der Waals surface area contributed by atoms with Crippen LogP contribution < -0.4 is 14.8 Å². The van der Waals surface area contributed by atoms with E-state index in [4.69, 9.17) is 9.47 Å².